The Morgan fingerprint density at radius 3 is 2.16 bits per heavy atom. The molecule has 1 aromatic rings. The van der Waals surface area contributed by atoms with Crippen LogP contribution in [0.4, 0.5) is 0 Å². The number of halogens is 2. The monoisotopic (exact) mass is 322 g/mol. The van der Waals surface area contributed by atoms with Gasteiger partial charge in [0.05, 0.1) is 4.90 Å². The van der Waals surface area contributed by atoms with Crippen molar-refractivity contribution in [1.82, 2.24) is 9.21 Å². The fourth-order valence-corrected chi connectivity index (χ4v) is 3.86. The molecule has 0 spiro atoms. The molecular weight excluding hydrogens is 307 g/mol. The number of piperazine rings is 1. The summed E-state index contributed by atoms with van der Waals surface area (Å²) < 4.78 is 26.3. The zero-order valence-electron chi connectivity index (χ0n) is 10.4. The molecule has 19 heavy (non-hydrogen) atoms. The lowest BCUT2D eigenvalue weighted by Gasteiger charge is -2.33. The SMILES string of the molecule is O=S(=O)(c1ccc(Cl)cc1)N1CCN(CCCl)CC1. The highest BCUT2D eigenvalue weighted by molar-refractivity contribution is 7.89. The van der Waals surface area contributed by atoms with Crippen molar-refractivity contribution in [2.45, 2.75) is 4.90 Å². The van der Waals surface area contributed by atoms with Gasteiger partial charge in [-0.25, -0.2) is 8.42 Å². The van der Waals surface area contributed by atoms with Gasteiger partial charge in [0, 0.05) is 43.6 Å². The average molecular weight is 323 g/mol. The first-order valence-corrected chi connectivity index (χ1v) is 8.43. The molecule has 0 aliphatic carbocycles. The third-order valence-electron chi connectivity index (χ3n) is 3.18. The van der Waals surface area contributed by atoms with E-state index in [1.54, 1.807) is 24.3 Å². The largest absolute Gasteiger partial charge is 0.300 e. The molecule has 0 bridgehead atoms. The third kappa shape index (κ3) is 3.61. The Bertz CT molecular complexity index is 511. The number of hydrogen-bond acceptors (Lipinski definition) is 3. The van der Waals surface area contributed by atoms with E-state index in [-0.39, 0.29) is 0 Å². The number of hydrogen-bond donors (Lipinski definition) is 0. The van der Waals surface area contributed by atoms with Crippen molar-refractivity contribution in [2.75, 3.05) is 38.6 Å². The molecule has 1 heterocycles. The van der Waals surface area contributed by atoms with Crippen molar-refractivity contribution in [3.05, 3.63) is 29.3 Å². The molecule has 1 saturated heterocycles. The van der Waals surface area contributed by atoms with Crippen LogP contribution >= 0.6 is 23.2 Å². The lowest BCUT2D eigenvalue weighted by molar-refractivity contribution is 0.197. The van der Waals surface area contributed by atoms with Crippen LogP contribution in [0, 0.1) is 0 Å². The molecule has 2 rings (SSSR count). The Hall–Kier alpha value is -0.330. The highest BCUT2D eigenvalue weighted by atomic mass is 35.5. The van der Waals surface area contributed by atoms with Gasteiger partial charge in [0.2, 0.25) is 10.0 Å². The quantitative estimate of drug-likeness (QED) is 0.795. The maximum absolute atomic E-state index is 12.4. The molecule has 7 heteroatoms. The molecule has 1 aliphatic rings. The number of benzene rings is 1. The first-order valence-electron chi connectivity index (χ1n) is 6.08. The van der Waals surface area contributed by atoms with Crippen molar-refractivity contribution < 1.29 is 8.42 Å². The van der Waals surface area contributed by atoms with E-state index in [9.17, 15) is 8.42 Å². The van der Waals surface area contributed by atoms with Gasteiger partial charge in [0.25, 0.3) is 0 Å². The summed E-state index contributed by atoms with van der Waals surface area (Å²) in [6, 6.07) is 6.28. The standard InChI is InChI=1S/C12H16Cl2N2O2S/c13-5-6-15-7-9-16(10-8-15)19(17,18)12-3-1-11(14)2-4-12/h1-4H,5-10H2. The highest BCUT2D eigenvalue weighted by Crippen LogP contribution is 2.19. The third-order valence-corrected chi connectivity index (χ3v) is 5.52. The van der Waals surface area contributed by atoms with Crippen molar-refractivity contribution in [1.29, 1.82) is 0 Å². The van der Waals surface area contributed by atoms with E-state index in [1.807, 2.05) is 0 Å². The number of alkyl halides is 1. The van der Waals surface area contributed by atoms with Crippen molar-refractivity contribution in [3.8, 4) is 0 Å². The molecule has 0 radical (unpaired) electrons. The van der Waals surface area contributed by atoms with Gasteiger partial charge in [0.15, 0.2) is 0 Å². The van der Waals surface area contributed by atoms with Crippen LogP contribution in [0.15, 0.2) is 29.2 Å². The van der Waals surface area contributed by atoms with E-state index in [0.29, 0.717) is 28.9 Å². The summed E-state index contributed by atoms with van der Waals surface area (Å²) in [7, 11) is -3.40. The van der Waals surface area contributed by atoms with Gasteiger partial charge in [-0.2, -0.15) is 4.31 Å². The minimum absolute atomic E-state index is 0.294. The van der Waals surface area contributed by atoms with Crippen LogP contribution in [0.3, 0.4) is 0 Å². The molecule has 1 aliphatic heterocycles. The summed E-state index contributed by atoms with van der Waals surface area (Å²) in [6.07, 6.45) is 0. The van der Waals surface area contributed by atoms with Crippen LogP contribution in [-0.2, 0) is 10.0 Å². The Kier molecular flexibility index (Phi) is 5.09. The predicted octanol–water partition coefficient (Wildman–Crippen LogP) is 1.89. The van der Waals surface area contributed by atoms with Gasteiger partial charge in [-0.05, 0) is 24.3 Å². The van der Waals surface area contributed by atoms with E-state index in [2.05, 4.69) is 4.90 Å². The number of nitrogens with zero attached hydrogens (tertiary/aromatic N) is 2. The number of sulfonamides is 1. The van der Waals surface area contributed by atoms with E-state index in [4.69, 9.17) is 23.2 Å². The van der Waals surface area contributed by atoms with Gasteiger partial charge in [-0.1, -0.05) is 11.6 Å². The van der Waals surface area contributed by atoms with Crippen LogP contribution < -0.4 is 0 Å². The fourth-order valence-electron chi connectivity index (χ4n) is 2.07. The maximum Gasteiger partial charge on any atom is 0.243 e. The molecule has 1 fully saturated rings. The normalized spacial score (nSPS) is 18.6. The first-order chi connectivity index (χ1) is 9.04. The van der Waals surface area contributed by atoms with E-state index in [0.717, 1.165) is 19.6 Å². The Morgan fingerprint density at radius 2 is 1.63 bits per heavy atom. The second-order valence-corrected chi connectivity index (χ2v) is 7.14. The predicted molar refractivity (Wildman–Crippen MR) is 77.4 cm³/mol. The van der Waals surface area contributed by atoms with Crippen LogP contribution in [0.2, 0.25) is 5.02 Å². The van der Waals surface area contributed by atoms with Crippen molar-refractivity contribution in [3.63, 3.8) is 0 Å². The lowest BCUT2D eigenvalue weighted by Crippen LogP contribution is -2.48. The summed E-state index contributed by atoms with van der Waals surface area (Å²) in [5.74, 6) is 0.573. The lowest BCUT2D eigenvalue weighted by atomic mass is 10.4. The van der Waals surface area contributed by atoms with Crippen LogP contribution in [0.25, 0.3) is 0 Å². The van der Waals surface area contributed by atoms with E-state index < -0.39 is 10.0 Å². The molecule has 0 saturated carbocycles. The van der Waals surface area contributed by atoms with Gasteiger partial charge in [-0.15, -0.1) is 11.6 Å². The zero-order valence-corrected chi connectivity index (χ0v) is 12.8. The number of rotatable bonds is 4. The molecule has 1 aromatic carbocycles. The molecule has 106 valence electrons. The molecule has 4 nitrogen and oxygen atoms in total. The van der Waals surface area contributed by atoms with Crippen LogP contribution in [0.1, 0.15) is 0 Å². The van der Waals surface area contributed by atoms with Crippen LogP contribution in [-0.4, -0.2) is 56.2 Å². The summed E-state index contributed by atoms with van der Waals surface area (Å²) in [6.45, 7) is 3.25. The average Bonchev–Trinajstić information content (AvgIpc) is 2.40. The second kappa shape index (κ2) is 6.41. The van der Waals surface area contributed by atoms with Gasteiger partial charge in [-0.3, -0.25) is 4.90 Å². The zero-order chi connectivity index (χ0) is 13.9. The smallest absolute Gasteiger partial charge is 0.243 e. The highest BCUT2D eigenvalue weighted by Gasteiger charge is 2.27. The molecule has 0 atom stereocenters. The Balaban J connectivity index is 2.07. The maximum atomic E-state index is 12.4. The summed E-state index contributed by atoms with van der Waals surface area (Å²) in [5, 5.41) is 0.533. The van der Waals surface area contributed by atoms with Gasteiger partial charge >= 0.3 is 0 Å². The van der Waals surface area contributed by atoms with Crippen molar-refractivity contribution >= 4 is 33.2 Å². The van der Waals surface area contributed by atoms with Crippen LogP contribution in [0.5, 0.6) is 0 Å². The summed E-state index contributed by atoms with van der Waals surface area (Å²) in [4.78, 5) is 2.46. The minimum atomic E-state index is -3.40. The van der Waals surface area contributed by atoms with E-state index in [1.165, 1.54) is 4.31 Å². The molecule has 0 unspecified atom stereocenters. The minimum Gasteiger partial charge on any atom is -0.300 e. The van der Waals surface area contributed by atoms with Gasteiger partial charge < -0.3 is 0 Å². The molecule has 0 aromatic heterocycles. The molecule has 0 amide bonds. The first kappa shape index (κ1) is 15.1. The Labute approximate surface area is 124 Å². The second-order valence-electron chi connectivity index (χ2n) is 4.39. The van der Waals surface area contributed by atoms with Gasteiger partial charge in [0.1, 0.15) is 0 Å². The Morgan fingerprint density at radius 1 is 1.05 bits per heavy atom. The summed E-state index contributed by atoms with van der Waals surface area (Å²) >= 11 is 11.5. The molecular formula is C12H16Cl2N2O2S. The fraction of sp³-hybridized carbons (Fsp3) is 0.500. The van der Waals surface area contributed by atoms with Crippen molar-refractivity contribution in [2.24, 2.45) is 0 Å². The molecule has 0 N–H and O–H groups in total. The summed E-state index contributed by atoms with van der Waals surface area (Å²) in [5.41, 5.74) is 0. The topological polar surface area (TPSA) is 40.6 Å². The van der Waals surface area contributed by atoms with E-state index >= 15 is 0 Å².